The molecule has 2 aromatic heterocycles. The van der Waals surface area contributed by atoms with Crippen LogP contribution in [0.2, 0.25) is 0 Å². The fourth-order valence-electron chi connectivity index (χ4n) is 4.36. The Labute approximate surface area is 157 Å². The Bertz CT molecular complexity index is 1230. The molecule has 0 unspecified atom stereocenters. The zero-order valence-electron chi connectivity index (χ0n) is 15.6. The number of aromatic nitrogens is 3. The Morgan fingerprint density at radius 3 is 2.56 bits per heavy atom. The Morgan fingerprint density at radius 1 is 1.00 bits per heavy atom. The lowest BCUT2D eigenvalue weighted by Crippen LogP contribution is -2.28. The van der Waals surface area contributed by atoms with E-state index < -0.39 is 0 Å². The van der Waals surface area contributed by atoms with Crippen LogP contribution in [0.25, 0.3) is 27.7 Å². The molecule has 0 aliphatic carbocycles. The van der Waals surface area contributed by atoms with E-state index in [4.69, 9.17) is 5.10 Å². The van der Waals surface area contributed by atoms with Crippen molar-refractivity contribution in [1.82, 2.24) is 14.3 Å². The second-order valence-corrected chi connectivity index (χ2v) is 7.30. The molecule has 1 aliphatic heterocycles. The number of para-hydroxylation sites is 1. The van der Waals surface area contributed by atoms with Crippen LogP contribution in [-0.4, -0.2) is 14.3 Å². The van der Waals surface area contributed by atoms with E-state index in [-0.39, 0.29) is 5.56 Å². The van der Waals surface area contributed by atoms with Gasteiger partial charge in [-0.25, -0.2) is 4.68 Å². The Morgan fingerprint density at radius 2 is 1.81 bits per heavy atom. The molecule has 0 N–H and O–H groups in total. The molecule has 0 amide bonds. The van der Waals surface area contributed by atoms with Gasteiger partial charge in [0.25, 0.3) is 5.56 Å². The fourth-order valence-corrected chi connectivity index (χ4v) is 4.36. The van der Waals surface area contributed by atoms with Crippen LogP contribution >= 0.6 is 0 Å². The van der Waals surface area contributed by atoms with Crippen LogP contribution in [0.4, 0.5) is 0 Å². The van der Waals surface area contributed by atoms with Gasteiger partial charge in [0, 0.05) is 17.6 Å². The fraction of sp³-hybridized carbons (Fsp3) is 0.217. The zero-order chi connectivity index (χ0) is 18.5. The van der Waals surface area contributed by atoms with Crippen molar-refractivity contribution in [3.05, 3.63) is 81.9 Å². The smallest absolute Gasteiger partial charge is 0.261 e. The summed E-state index contributed by atoms with van der Waals surface area (Å²) in [6, 6.07) is 18.4. The van der Waals surface area contributed by atoms with E-state index in [1.54, 1.807) is 0 Å². The van der Waals surface area contributed by atoms with Crippen LogP contribution in [0.3, 0.4) is 0 Å². The molecule has 0 radical (unpaired) electrons. The van der Waals surface area contributed by atoms with Crippen LogP contribution in [0.5, 0.6) is 0 Å². The van der Waals surface area contributed by atoms with Gasteiger partial charge in [0.05, 0.1) is 22.5 Å². The van der Waals surface area contributed by atoms with Crippen LogP contribution in [0.15, 0.2) is 59.4 Å². The van der Waals surface area contributed by atoms with E-state index in [1.807, 2.05) is 53.4 Å². The third-order valence-corrected chi connectivity index (χ3v) is 5.45. The molecular formula is C23H21N3O. The van der Waals surface area contributed by atoms with Crippen molar-refractivity contribution < 1.29 is 0 Å². The van der Waals surface area contributed by atoms with Gasteiger partial charge in [0.15, 0.2) is 0 Å². The summed E-state index contributed by atoms with van der Waals surface area (Å²) in [7, 11) is 0. The summed E-state index contributed by atoms with van der Waals surface area (Å²) in [6.45, 7) is 4.80. The minimum absolute atomic E-state index is 0.0726. The Balaban J connectivity index is 2.02. The molecular weight excluding hydrogens is 334 g/mol. The van der Waals surface area contributed by atoms with Crippen LogP contribution in [0.1, 0.15) is 23.4 Å². The van der Waals surface area contributed by atoms with Crippen molar-refractivity contribution in [2.45, 2.75) is 33.2 Å². The highest BCUT2D eigenvalue weighted by Gasteiger charge is 2.24. The molecule has 4 aromatic rings. The number of hydrogen-bond donors (Lipinski definition) is 0. The molecule has 0 atom stereocenters. The van der Waals surface area contributed by atoms with Gasteiger partial charge < -0.3 is 4.57 Å². The number of hydrogen-bond acceptors (Lipinski definition) is 2. The van der Waals surface area contributed by atoms with Gasteiger partial charge in [0.2, 0.25) is 0 Å². The topological polar surface area (TPSA) is 39.8 Å². The lowest BCUT2D eigenvalue weighted by molar-refractivity contribution is 0.615. The molecule has 2 aromatic carbocycles. The molecule has 27 heavy (non-hydrogen) atoms. The summed E-state index contributed by atoms with van der Waals surface area (Å²) in [6.07, 6.45) is 2.01. The molecule has 0 bridgehead atoms. The summed E-state index contributed by atoms with van der Waals surface area (Å²) in [4.78, 5) is 13.6. The van der Waals surface area contributed by atoms with Gasteiger partial charge in [-0.15, -0.1) is 0 Å². The third-order valence-electron chi connectivity index (χ3n) is 5.45. The molecule has 1 aliphatic rings. The highest BCUT2D eigenvalue weighted by Crippen LogP contribution is 2.34. The number of rotatable bonds is 2. The summed E-state index contributed by atoms with van der Waals surface area (Å²) < 4.78 is 3.91. The maximum absolute atomic E-state index is 13.6. The Hall–Kier alpha value is -3.14. The second-order valence-electron chi connectivity index (χ2n) is 7.30. The average Bonchev–Trinajstić information content (AvgIpc) is 3.02. The maximum atomic E-state index is 13.6. The van der Waals surface area contributed by atoms with Gasteiger partial charge in [-0.3, -0.25) is 4.79 Å². The average molecular weight is 355 g/mol. The largest absolute Gasteiger partial charge is 0.307 e. The lowest BCUT2D eigenvalue weighted by atomic mass is 9.96. The third kappa shape index (κ3) is 2.36. The van der Waals surface area contributed by atoms with E-state index in [2.05, 4.69) is 24.3 Å². The molecule has 5 rings (SSSR count). The first-order chi connectivity index (χ1) is 13.1. The van der Waals surface area contributed by atoms with Crippen LogP contribution in [0, 0.1) is 13.8 Å². The Kier molecular flexibility index (Phi) is 3.54. The predicted molar refractivity (Wildman–Crippen MR) is 109 cm³/mol. The first kappa shape index (κ1) is 16.1. The first-order valence-electron chi connectivity index (χ1n) is 9.42. The summed E-state index contributed by atoms with van der Waals surface area (Å²) >= 11 is 0. The molecule has 0 saturated heterocycles. The normalized spacial score (nSPS) is 13.3. The summed E-state index contributed by atoms with van der Waals surface area (Å²) in [5.41, 5.74) is 6.93. The number of benzene rings is 2. The van der Waals surface area contributed by atoms with E-state index in [9.17, 15) is 4.79 Å². The van der Waals surface area contributed by atoms with E-state index in [1.165, 1.54) is 5.56 Å². The second kappa shape index (κ2) is 5.95. The molecule has 3 heterocycles. The molecule has 134 valence electrons. The van der Waals surface area contributed by atoms with Gasteiger partial charge in [-0.2, -0.15) is 5.10 Å². The van der Waals surface area contributed by atoms with E-state index >= 15 is 0 Å². The maximum Gasteiger partial charge on any atom is 0.261 e. The monoisotopic (exact) mass is 355 g/mol. The quantitative estimate of drug-likeness (QED) is 0.534. The van der Waals surface area contributed by atoms with Crippen molar-refractivity contribution >= 4 is 10.9 Å². The van der Waals surface area contributed by atoms with Gasteiger partial charge in [0.1, 0.15) is 0 Å². The molecule has 4 heteroatoms. The van der Waals surface area contributed by atoms with Crippen LogP contribution < -0.4 is 5.56 Å². The number of nitrogens with zero attached hydrogens (tertiary/aromatic N) is 3. The zero-order valence-corrected chi connectivity index (χ0v) is 15.6. The standard InChI is InChI=1S/C23H21N3O/c1-15-14-16(2)26(24-15)22-19-12-6-10-18-11-7-13-25(21(18)19)23(27)20(22)17-8-4-3-5-9-17/h3-6,8-10,12,14H,7,11,13H2,1-2H3. The van der Waals surface area contributed by atoms with Gasteiger partial charge in [-0.05, 0) is 43.9 Å². The molecule has 0 saturated carbocycles. The van der Waals surface area contributed by atoms with E-state index in [0.717, 1.165) is 58.5 Å². The lowest BCUT2D eigenvalue weighted by Gasteiger charge is -2.24. The summed E-state index contributed by atoms with van der Waals surface area (Å²) in [5.74, 6) is 0. The SMILES string of the molecule is Cc1cc(C)n(-c2c(-c3ccccc3)c(=O)n3c4c(cccc24)CCC3)n1. The predicted octanol–water partition coefficient (Wildman–Crippen LogP) is 4.42. The molecule has 0 fully saturated rings. The minimum Gasteiger partial charge on any atom is -0.307 e. The van der Waals surface area contributed by atoms with Crippen molar-refractivity contribution in [1.29, 1.82) is 0 Å². The highest BCUT2D eigenvalue weighted by molar-refractivity contribution is 5.96. The first-order valence-corrected chi connectivity index (χ1v) is 9.42. The van der Waals surface area contributed by atoms with Crippen molar-refractivity contribution in [3.63, 3.8) is 0 Å². The van der Waals surface area contributed by atoms with Crippen molar-refractivity contribution in [2.75, 3.05) is 0 Å². The number of aryl methyl sites for hydroxylation is 4. The van der Waals surface area contributed by atoms with Crippen LogP contribution in [-0.2, 0) is 13.0 Å². The summed E-state index contributed by atoms with van der Waals surface area (Å²) in [5, 5.41) is 5.82. The van der Waals surface area contributed by atoms with Crippen molar-refractivity contribution in [3.8, 4) is 16.8 Å². The van der Waals surface area contributed by atoms with Gasteiger partial charge >= 0.3 is 0 Å². The molecule has 0 spiro atoms. The van der Waals surface area contributed by atoms with E-state index in [0.29, 0.717) is 0 Å². The van der Waals surface area contributed by atoms with Crippen molar-refractivity contribution in [2.24, 2.45) is 0 Å². The molecule has 4 nitrogen and oxygen atoms in total. The minimum atomic E-state index is 0.0726. The number of pyridine rings is 1. The highest BCUT2D eigenvalue weighted by atomic mass is 16.1. The van der Waals surface area contributed by atoms with Gasteiger partial charge in [-0.1, -0.05) is 48.5 Å².